The highest BCUT2D eigenvalue weighted by Gasteiger charge is 2.31. The standard InChI is InChI=1S/C10H14BrN3O4S2/c11-9-2-1-3-10(8-9)19(15,16)13-4-6-14(7-5-13)20(12,17)18/h1-3,8H,4-7H2,(H2,12,17,18). The predicted molar refractivity (Wildman–Crippen MR) is 77.6 cm³/mol. The van der Waals surface area contributed by atoms with Gasteiger partial charge in [0.15, 0.2) is 0 Å². The van der Waals surface area contributed by atoms with Gasteiger partial charge in [0.1, 0.15) is 0 Å². The molecule has 0 unspecified atom stereocenters. The van der Waals surface area contributed by atoms with Gasteiger partial charge in [-0.15, -0.1) is 0 Å². The Balaban J connectivity index is 2.18. The van der Waals surface area contributed by atoms with Crippen LogP contribution in [0.25, 0.3) is 0 Å². The summed E-state index contributed by atoms with van der Waals surface area (Å²) in [6.07, 6.45) is 0. The lowest BCUT2D eigenvalue weighted by molar-refractivity contribution is 0.273. The molecule has 0 bridgehead atoms. The number of benzene rings is 1. The Morgan fingerprint density at radius 3 is 2.05 bits per heavy atom. The van der Waals surface area contributed by atoms with Crippen molar-refractivity contribution in [3.8, 4) is 0 Å². The largest absolute Gasteiger partial charge is 0.276 e. The zero-order valence-corrected chi connectivity index (χ0v) is 13.7. The summed E-state index contributed by atoms with van der Waals surface area (Å²) in [4.78, 5) is 0.177. The summed E-state index contributed by atoms with van der Waals surface area (Å²) < 4.78 is 50.2. The molecular formula is C10H14BrN3O4S2. The van der Waals surface area contributed by atoms with Gasteiger partial charge in [0.05, 0.1) is 4.90 Å². The monoisotopic (exact) mass is 383 g/mol. The average molecular weight is 384 g/mol. The van der Waals surface area contributed by atoms with Crippen LogP contribution in [0, 0.1) is 0 Å². The average Bonchev–Trinajstić information content (AvgIpc) is 2.38. The lowest BCUT2D eigenvalue weighted by Gasteiger charge is -2.32. The maximum Gasteiger partial charge on any atom is 0.276 e. The van der Waals surface area contributed by atoms with Crippen LogP contribution >= 0.6 is 15.9 Å². The lowest BCUT2D eigenvalue weighted by atomic mass is 10.4. The predicted octanol–water partition coefficient (Wildman–Crippen LogP) is -0.0411. The van der Waals surface area contributed by atoms with Crippen LogP contribution in [0.1, 0.15) is 0 Å². The van der Waals surface area contributed by atoms with E-state index >= 15 is 0 Å². The molecule has 1 aliphatic rings. The molecule has 1 heterocycles. The van der Waals surface area contributed by atoms with Crippen molar-refractivity contribution in [2.75, 3.05) is 26.2 Å². The minimum Gasteiger partial charge on any atom is -0.216 e. The highest BCUT2D eigenvalue weighted by molar-refractivity contribution is 9.10. The van der Waals surface area contributed by atoms with E-state index in [4.69, 9.17) is 5.14 Å². The second-order valence-electron chi connectivity index (χ2n) is 4.31. The number of nitrogens with zero attached hydrogens (tertiary/aromatic N) is 2. The smallest absolute Gasteiger partial charge is 0.216 e. The van der Waals surface area contributed by atoms with Crippen molar-refractivity contribution >= 4 is 36.2 Å². The molecule has 2 N–H and O–H groups in total. The van der Waals surface area contributed by atoms with E-state index < -0.39 is 20.2 Å². The molecule has 20 heavy (non-hydrogen) atoms. The fraction of sp³-hybridized carbons (Fsp3) is 0.400. The van der Waals surface area contributed by atoms with E-state index in [1.165, 1.54) is 16.4 Å². The highest BCUT2D eigenvalue weighted by atomic mass is 79.9. The molecular weight excluding hydrogens is 370 g/mol. The van der Waals surface area contributed by atoms with Gasteiger partial charge in [0, 0.05) is 30.7 Å². The summed E-state index contributed by atoms with van der Waals surface area (Å²) in [5.74, 6) is 0. The maximum absolute atomic E-state index is 12.4. The summed E-state index contributed by atoms with van der Waals surface area (Å²) in [7, 11) is -7.37. The van der Waals surface area contributed by atoms with Crippen molar-refractivity contribution in [3.63, 3.8) is 0 Å². The van der Waals surface area contributed by atoms with Gasteiger partial charge in [0.25, 0.3) is 10.2 Å². The van der Waals surface area contributed by atoms with Gasteiger partial charge < -0.3 is 0 Å². The Morgan fingerprint density at radius 1 is 1.00 bits per heavy atom. The van der Waals surface area contributed by atoms with Gasteiger partial charge in [-0.3, -0.25) is 0 Å². The first-order chi connectivity index (χ1) is 9.21. The first-order valence-electron chi connectivity index (χ1n) is 5.75. The van der Waals surface area contributed by atoms with Crippen LogP contribution in [0.15, 0.2) is 33.6 Å². The Labute approximate surface area is 126 Å². The van der Waals surface area contributed by atoms with Crippen molar-refractivity contribution in [1.29, 1.82) is 0 Å². The maximum atomic E-state index is 12.4. The second kappa shape index (κ2) is 5.70. The third kappa shape index (κ3) is 3.38. The lowest BCUT2D eigenvalue weighted by Crippen LogP contribution is -2.52. The molecule has 7 nitrogen and oxygen atoms in total. The molecule has 1 saturated heterocycles. The fourth-order valence-electron chi connectivity index (χ4n) is 1.94. The Morgan fingerprint density at radius 2 is 1.55 bits per heavy atom. The SMILES string of the molecule is NS(=O)(=O)N1CCN(S(=O)(=O)c2cccc(Br)c2)CC1. The van der Waals surface area contributed by atoms with E-state index in [1.54, 1.807) is 12.1 Å². The molecule has 1 aliphatic heterocycles. The summed E-state index contributed by atoms with van der Waals surface area (Å²) in [5, 5.41) is 5.02. The van der Waals surface area contributed by atoms with Crippen LogP contribution < -0.4 is 5.14 Å². The van der Waals surface area contributed by atoms with Crippen LogP contribution in [0.2, 0.25) is 0 Å². The number of sulfonamides is 1. The van der Waals surface area contributed by atoms with E-state index in [1.807, 2.05) is 0 Å². The fourth-order valence-corrected chi connectivity index (χ4v) is 4.63. The Kier molecular flexibility index (Phi) is 4.52. The van der Waals surface area contributed by atoms with E-state index in [9.17, 15) is 16.8 Å². The molecule has 112 valence electrons. The molecule has 1 aromatic carbocycles. The highest BCUT2D eigenvalue weighted by Crippen LogP contribution is 2.21. The molecule has 10 heteroatoms. The van der Waals surface area contributed by atoms with Crippen LogP contribution in [0.4, 0.5) is 0 Å². The van der Waals surface area contributed by atoms with Crippen LogP contribution in [-0.4, -0.2) is 51.6 Å². The number of halogens is 1. The topological polar surface area (TPSA) is 101 Å². The molecule has 0 radical (unpaired) electrons. The van der Waals surface area contributed by atoms with Gasteiger partial charge in [0.2, 0.25) is 10.0 Å². The summed E-state index contributed by atoms with van der Waals surface area (Å²) >= 11 is 3.23. The molecule has 0 spiro atoms. The van der Waals surface area contributed by atoms with E-state index in [0.29, 0.717) is 4.47 Å². The molecule has 0 amide bonds. The quantitative estimate of drug-likeness (QED) is 0.790. The number of hydrogen-bond acceptors (Lipinski definition) is 4. The Bertz CT molecular complexity index is 697. The molecule has 1 fully saturated rings. The molecule has 0 saturated carbocycles. The first-order valence-corrected chi connectivity index (χ1v) is 9.48. The van der Waals surface area contributed by atoms with E-state index in [2.05, 4.69) is 15.9 Å². The van der Waals surface area contributed by atoms with Gasteiger partial charge in [-0.05, 0) is 18.2 Å². The third-order valence-corrected chi connectivity index (χ3v) is 6.46. The van der Waals surface area contributed by atoms with Gasteiger partial charge in [-0.1, -0.05) is 22.0 Å². The number of nitrogens with two attached hydrogens (primary N) is 1. The van der Waals surface area contributed by atoms with Crippen molar-refractivity contribution in [3.05, 3.63) is 28.7 Å². The normalized spacial score (nSPS) is 19.1. The van der Waals surface area contributed by atoms with Gasteiger partial charge >= 0.3 is 0 Å². The number of piperazine rings is 1. The molecule has 0 atom stereocenters. The van der Waals surface area contributed by atoms with Crippen molar-refractivity contribution < 1.29 is 16.8 Å². The molecule has 0 aromatic heterocycles. The van der Waals surface area contributed by atoms with Crippen molar-refractivity contribution in [2.45, 2.75) is 4.90 Å². The second-order valence-corrected chi connectivity index (χ2v) is 8.71. The van der Waals surface area contributed by atoms with E-state index in [-0.39, 0.29) is 31.1 Å². The van der Waals surface area contributed by atoms with E-state index in [0.717, 1.165) is 4.31 Å². The van der Waals surface area contributed by atoms with Crippen molar-refractivity contribution in [2.24, 2.45) is 5.14 Å². The van der Waals surface area contributed by atoms with Crippen LogP contribution in [0.3, 0.4) is 0 Å². The minimum absolute atomic E-state index is 0.0616. The molecule has 2 rings (SSSR count). The van der Waals surface area contributed by atoms with Crippen molar-refractivity contribution in [1.82, 2.24) is 8.61 Å². The zero-order chi connectivity index (χ0) is 15.0. The zero-order valence-electron chi connectivity index (χ0n) is 10.4. The third-order valence-electron chi connectivity index (χ3n) is 2.99. The van der Waals surface area contributed by atoms with Crippen LogP contribution in [0.5, 0.6) is 0 Å². The van der Waals surface area contributed by atoms with Crippen LogP contribution in [-0.2, 0) is 20.2 Å². The van der Waals surface area contributed by atoms with Gasteiger partial charge in [-0.25, -0.2) is 13.6 Å². The Hall–Kier alpha value is -0.520. The summed E-state index contributed by atoms with van der Waals surface area (Å²) in [5.41, 5.74) is 0. The molecule has 0 aliphatic carbocycles. The number of hydrogen-bond donors (Lipinski definition) is 1. The molecule has 1 aromatic rings. The summed E-state index contributed by atoms with van der Waals surface area (Å²) in [6, 6.07) is 6.39. The first kappa shape index (κ1) is 15.9. The van der Waals surface area contributed by atoms with Gasteiger partial charge in [-0.2, -0.15) is 17.0 Å². The minimum atomic E-state index is -3.76. The number of rotatable bonds is 3. The summed E-state index contributed by atoms with van der Waals surface area (Å²) in [6.45, 7) is 0.300.